The maximum atomic E-state index is 6.12. The molecular formula is C11H11BrClN5S. The average molecular weight is 361 g/mol. The molecule has 0 spiro atoms. The number of rotatable bonds is 4. The predicted octanol–water partition coefficient (Wildman–Crippen LogP) is 3.64. The molecule has 4 N–H and O–H groups in total. The van der Waals surface area contributed by atoms with Crippen molar-refractivity contribution in [1.82, 2.24) is 9.97 Å². The molecule has 1 aromatic heterocycles. The van der Waals surface area contributed by atoms with E-state index in [0.717, 1.165) is 10.2 Å². The van der Waals surface area contributed by atoms with Crippen LogP contribution in [0.15, 0.2) is 33.9 Å². The van der Waals surface area contributed by atoms with Crippen LogP contribution in [0.25, 0.3) is 0 Å². The highest BCUT2D eigenvalue weighted by molar-refractivity contribution is 9.10. The fraction of sp³-hybridized carbons (Fsp3) is 0.0909. The highest BCUT2D eigenvalue weighted by atomic mass is 79.9. The second-order valence-electron chi connectivity index (χ2n) is 3.52. The van der Waals surface area contributed by atoms with E-state index >= 15 is 0 Å². The number of nitrogens with two attached hydrogens (primary N) is 1. The highest BCUT2D eigenvalue weighted by Crippen LogP contribution is 2.29. The molecule has 0 aliphatic heterocycles. The van der Waals surface area contributed by atoms with Crippen LogP contribution in [-0.4, -0.2) is 16.2 Å². The standard InChI is InChI=1S/C11H11BrClN5S/c1-19-11-16-9(5-10(17-11)18-14)15-8-4-6(12)2-3-7(8)13/h2-5H,14H2,1H3,(H2,15,16,17,18). The maximum Gasteiger partial charge on any atom is 0.191 e. The number of hydrogen-bond donors (Lipinski definition) is 3. The third-order valence-corrected chi connectivity index (χ3v) is 3.60. The van der Waals surface area contributed by atoms with Crippen LogP contribution in [0.3, 0.4) is 0 Å². The largest absolute Gasteiger partial charge is 0.339 e. The third kappa shape index (κ3) is 3.73. The van der Waals surface area contributed by atoms with Crippen molar-refractivity contribution < 1.29 is 0 Å². The van der Waals surface area contributed by atoms with E-state index in [1.54, 1.807) is 12.1 Å². The number of halogens is 2. The van der Waals surface area contributed by atoms with Crippen molar-refractivity contribution in [1.29, 1.82) is 0 Å². The first kappa shape index (κ1) is 14.4. The van der Waals surface area contributed by atoms with Crippen LogP contribution < -0.4 is 16.6 Å². The van der Waals surface area contributed by atoms with Gasteiger partial charge in [-0.1, -0.05) is 39.3 Å². The van der Waals surface area contributed by atoms with E-state index in [9.17, 15) is 0 Å². The molecule has 5 nitrogen and oxygen atoms in total. The minimum absolute atomic E-state index is 0.535. The molecule has 0 atom stereocenters. The topological polar surface area (TPSA) is 75.9 Å². The molecule has 1 heterocycles. The van der Waals surface area contributed by atoms with Gasteiger partial charge in [-0.05, 0) is 24.5 Å². The van der Waals surface area contributed by atoms with E-state index < -0.39 is 0 Å². The first-order valence-electron chi connectivity index (χ1n) is 5.24. The predicted molar refractivity (Wildman–Crippen MR) is 84.1 cm³/mol. The van der Waals surface area contributed by atoms with Crippen molar-refractivity contribution in [2.75, 3.05) is 17.0 Å². The molecule has 0 radical (unpaired) electrons. The minimum Gasteiger partial charge on any atom is -0.339 e. The summed E-state index contributed by atoms with van der Waals surface area (Å²) in [6, 6.07) is 7.25. The van der Waals surface area contributed by atoms with Crippen LogP contribution in [0.2, 0.25) is 5.02 Å². The molecule has 0 aliphatic rings. The molecule has 2 rings (SSSR count). The van der Waals surface area contributed by atoms with E-state index in [1.165, 1.54) is 11.8 Å². The van der Waals surface area contributed by atoms with Crippen LogP contribution in [-0.2, 0) is 0 Å². The lowest BCUT2D eigenvalue weighted by Crippen LogP contribution is -2.10. The second kappa shape index (κ2) is 6.42. The number of nitrogens with one attached hydrogen (secondary N) is 2. The van der Waals surface area contributed by atoms with Crippen LogP contribution in [0.5, 0.6) is 0 Å². The van der Waals surface area contributed by atoms with Gasteiger partial charge in [-0.15, -0.1) is 0 Å². The molecule has 1 aromatic carbocycles. The summed E-state index contributed by atoms with van der Waals surface area (Å²) < 4.78 is 0.927. The van der Waals surface area contributed by atoms with E-state index in [2.05, 4.69) is 36.6 Å². The number of benzene rings is 1. The Balaban J connectivity index is 2.34. The number of nitrogens with zero attached hydrogens (tertiary/aromatic N) is 2. The lowest BCUT2D eigenvalue weighted by molar-refractivity contribution is 0.971. The van der Waals surface area contributed by atoms with Gasteiger partial charge in [-0.3, -0.25) is 0 Å². The summed E-state index contributed by atoms with van der Waals surface area (Å²) in [6.45, 7) is 0. The second-order valence-corrected chi connectivity index (χ2v) is 5.61. The first-order valence-corrected chi connectivity index (χ1v) is 7.63. The summed E-state index contributed by atoms with van der Waals surface area (Å²) in [6.07, 6.45) is 1.89. The summed E-state index contributed by atoms with van der Waals surface area (Å²) in [7, 11) is 0. The van der Waals surface area contributed by atoms with E-state index in [1.807, 2.05) is 18.4 Å². The van der Waals surface area contributed by atoms with Crippen LogP contribution in [0.4, 0.5) is 17.3 Å². The number of hydrogen-bond acceptors (Lipinski definition) is 6. The summed E-state index contributed by atoms with van der Waals surface area (Å²) in [4.78, 5) is 8.52. The van der Waals surface area contributed by atoms with Gasteiger partial charge in [0.1, 0.15) is 11.6 Å². The van der Waals surface area contributed by atoms with Crippen molar-refractivity contribution >= 4 is 56.6 Å². The van der Waals surface area contributed by atoms with Crippen LogP contribution in [0.1, 0.15) is 0 Å². The first-order chi connectivity index (χ1) is 9.12. The van der Waals surface area contributed by atoms with Crippen molar-refractivity contribution in [3.8, 4) is 0 Å². The Hall–Kier alpha value is -1.02. The van der Waals surface area contributed by atoms with Crippen molar-refractivity contribution in [2.24, 2.45) is 5.84 Å². The Bertz CT molecular complexity index is 573. The molecule has 8 heteroatoms. The number of aromatic nitrogens is 2. The minimum atomic E-state index is 0.535. The molecule has 0 aliphatic carbocycles. The van der Waals surface area contributed by atoms with Gasteiger partial charge < -0.3 is 10.7 Å². The molecular weight excluding hydrogens is 350 g/mol. The van der Waals surface area contributed by atoms with Gasteiger partial charge in [0.15, 0.2) is 5.16 Å². The van der Waals surface area contributed by atoms with Crippen molar-refractivity contribution in [2.45, 2.75) is 5.16 Å². The smallest absolute Gasteiger partial charge is 0.191 e. The van der Waals surface area contributed by atoms with Gasteiger partial charge in [-0.25, -0.2) is 15.8 Å². The lowest BCUT2D eigenvalue weighted by Gasteiger charge is -2.10. The quantitative estimate of drug-likeness (QED) is 0.334. The zero-order chi connectivity index (χ0) is 13.8. The van der Waals surface area contributed by atoms with Gasteiger partial charge in [0.05, 0.1) is 10.7 Å². The summed E-state index contributed by atoms with van der Waals surface area (Å²) in [5.41, 5.74) is 3.26. The summed E-state index contributed by atoms with van der Waals surface area (Å²) in [5.74, 6) is 6.53. The molecule has 19 heavy (non-hydrogen) atoms. The Morgan fingerprint density at radius 1 is 1.26 bits per heavy atom. The fourth-order valence-corrected chi connectivity index (χ4v) is 2.29. The van der Waals surface area contributed by atoms with Crippen molar-refractivity contribution in [3.63, 3.8) is 0 Å². The third-order valence-electron chi connectivity index (χ3n) is 2.23. The molecule has 0 fully saturated rings. The number of nitrogen functional groups attached to an aromatic ring is 1. The molecule has 2 aromatic rings. The molecule has 0 unspecified atom stereocenters. The Morgan fingerprint density at radius 2 is 2.00 bits per heavy atom. The average Bonchev–Trinajstić information content (AvgIpc) is 2.42. The van der Waals surface area contributed by atoms with Gasteiger partial charge in [0, 0.05) is 10.5 Å². The normalized spacial score (nSPS) is 10.3. The zero-order valence-electron chi connectivity index (χ0n) is 9.95. The Kier molecular flexibility index (Phi) is 4.87. The number of hydrazine groups is 1. The van der Waals surface area contributed by atoms with Crippen molar-refractivity contribution in [3.05, 3.63) is 33.8 Å². The van der Waals surface area contributed by atoms with Gasteiger partial charge in [-0.2, -0.15) is 0 Å². The molecule has 0 saturated heterocycles. The zero-order valence-corrected chi connectivity index (χ0v) is 13.1. The van der Waals surface area contributed by atoms with Crippen LogP contribution in [0, 0.1) is 0 Å². The van der Waals surface area contributed by atoms with Gasteiger partial charge >= 0.3 is 0 Å². The molecule has 0 bridgehead atoms. The molecule has 100 valence electrons. The summed E-state index contributed by atoms with van der Waals surface area (Å²) >= 11 is 10.9. The fourth-order valence-electron chi connectivity index (χ4n) is 1.39. The molecule has 0 saturated carbocycles. The number of anilines is 3. The van der Waals surface area contributed by atoms with Gasteiger partial charge in [0.25, 0.3) is 0 Å². The lowest BCUT2D eigenvalue weighted by atomic mass is 10.3. The Morgan fingerprint density at radius 3 is 2.68 bits per heavy atom. The van der Waals surface area contributed by atoms with Gasteiger partial charge in [0.2, 0.25) is 0 Å². The SMILES string of the molecule is CSc1nc(NN)cc(Nc2cc(Br)ccc2Cl)n1. The number of thioether (sulfide) groups is 1. The van der Waals surface area contributed by atoms with E-state index in [-0.39, 0.29) is 0 Å². The monoisotopic (exact) mass is 359 g/mol. The summed E-state index contributed by atoms with van der Waals surface area (Å²) in [5, 5.41) is 4.36. The highest BCUT2D eigenvalue weighted by Gasteiger charge is 2.06. The van der Waals surface area contributed by atoms with E-state index in [4.69, 9.17) is 17.4 Å². The van der Waals surface area contributed by atoms with E-state index in [0.29, 0.717) is 21.8 Å². The molecule has 0 amide bonds. The van der Waals surface area contributed by atoms with Crippen LogP contribution >= 0.6 is 39.3 Å². The maximum absolute atomic E-state index is 6.12. The Labute approximate surface area is 128 Å².